The number of fused-ring (bicyclic) bond motifs is 1. The van der Waals surface area contributed by atoms with Gasteiger partial charge in [0.25, 0.3) is 0 Å². The summed E-state index contributed by atoms with van der Waals surface area (Å²) in [5.41, 5.74) is 2.87. The molecule has 64 valence electrons. The van der Waals surface area contributed by atoms with Crippen molar-refractivity contribution in [3.8, 4) is 0 Å². The van der Waals surface area contributed by atoms with Gasteiger partial charge in [-0.1, -0.05) is 5.57 Å². The Bertz CT molecular complexity index is 311. The fourth-order valence-electron chi connectivity index (χ4n) is 1.50. The lowest BCUT2D eigenvalue weighted by molar-refractivity contribution is 0.880. The minimum atomic E-state index is 1.14. The minimum absolute atomic E-state index is 1.14. The van der Waals surface area contributed by atoms with Crippen molar-refractivity contribution < 1.29 is 0 Å². The standard InChI is InChI=1S/C10H13NS/c1-8-3-5-11(2)9-4-6-12-10(9)7-8/h4,6-7H,3,5H2,1-2H3. The van der Waals surface area contributed by atoms with Crippen molar-refractivity contribution in [1.82, 2.24) is 0 Å². The minimum Gasteiger partial charge on any atom is -0.373 e. The SMILES string of the molecule is CC1=Cc2sccc2N(C)CC1. The molecule has 0 saturated carbocycles. The van der Waals surface area contributed by atoms with Gasteiger partial charge in [0.2, 0.25) is 0 Å². The van der Waals surface area contributed by atoms with Crippen molar-refractivity contribution >= 4 is 23.1 Å². The highest BCUT2D eigenvalue weighted by Gasteiger charge is 2.10. The van der Waals surface area contributed by atoms with Crippen molar-refractivity contribution in [1.29, 1.82) is 0 Å². The molecular weight excluding hydrogens is 166 g/mol. The molecule has 0 bridgehead atoms. The quantitative estimate of drug-likeness (QED) is 0.592. The van der Waals surface area contributed by atoms with E-state index in [0.29, 0.717) is 0 Å². The van der Waals surface area contributed by atoms with Crippen molar-refractivity contribution in [2.24, 2.45) is 0 Å². The van der Waals surface area contributed by atoms with Gasteiger partial charge < -0.3 is 4.90 Å². The van der Waals surface area contributed by atoms with Gasteiger partial charge in [-0.25, -0.2) is 0 Å². The number of thiophene rings is 1. The average Bonchev–Trinajstić information content (AvgIpc) is 2.44. The maximum atomic E-state index is 2.33. The van der Waals surface area contributed by atoms with Crippen molar-refractivity contribution in [2.75, 3.05) is 18.5 Å². The summed E-state index contributed by atoms with van der Waals surface area (Å²) in [6.45, 7) is 3.36. The highest BCUT2D eigenvalue weighted by Crippen LogP contribution is 2.30. The van der Waals surface area contributed by atoms with Gasteiger partial charge in [0.15, 0.2) is 0 Å². The van der Waals surface area contributed by atoms with Crippen LogP contribution in [0.25, 0.3) is 6.08 Å². The molecule has 12 heavy (non-hydrogen) atoms. The summed E-state index contributed by atoms with van der Waals surface area (Å²) in [5.74, 6) is 0. The Morgan fingerprint density at radius 3 is 3.17 bits per heavy atom. The molecule has 2 heteroatoms. The second kappa shape index (κ2) is 2.94. The van der Waals surface area contributed by atoms with Crippen LogP contribution in [0.15, 0.2) is 17.0 Å². The van der Waals surface area contributed by atoms with Crippen LogP contribution in [0.3, 0.4) is 0 Å². The zero-order valence-electron chi connectivity index (χ0n) is 7.50. The van der Waals surface area contributed by atoms with Gasteiger partial charge in [0, 0.05) is 13.6 Å². The number of anilines is 1. The molecule has 0 unspecified atom stereocenters. The summed E-state index contributed by atoms with van der Waals surface area (Å²) in [4.78, 5) is 3.74. The summed E-state index contributed by atoms with van der Waals surface area (Å²) in [6.07, 6.45) is 3.50. The van der Waals surface area contributed by atoms with Crippen LogP contribution in [-0.2, 0) is 0 Å². The van der Waals surface area contributed by atoms with Crippen LogP contribution in [0.4, 0.5) is 5.69 Å². The van der Waals surface area contributed by atoms with Crippen LogP contribution in [0, 0.1) is 0 Å². The summed E-state index contributed by atoms with van der Waals surface area (Å²) >= 11 is 1.83. The van der Waals surface area contributed by atoms with E-state index in [-0.39, 0.29) is 0 Å². The molecule has 0 N–H and O–H groups in total. The van der Waals surface area contributed by atoms with E-state index in [1.54, 1.807) is 0 Å². The number of rotatable bonds is 0. The average molecular weight is 179 g/mol. The van der Waals surface area contributed by atoms with Crippen LogP contribution in [0.2, 0.25) is 0 Å². The van der Waals surface area contributed by atoms with Crippen LogP contribution >= 0.6 is 11.3 Å². The second-order valence-corrected chi connectivity index (χ2v) is 4.28. The van der Waals surface area contributed by atoms with Gasteiger partial charge in [0.1, 0.15) is 0 Å². The Hall–Kier alpha value is -0.760. The largest absolute Gasteiger partial charge is 0.373 e. The molecule has 0 amide bonds. The van der Waals surface area contributed by atoms with Crippen LogP contribution in [-0.4, -0.2) is 13.6 Å². The maximum absolute atomic E-state index is 2.33. The van der Waals surface area contributed by atoms with E-state index in [2.05, 4.69) is 36.4 Å². The van der Waals surface area contributed by atoms with E-state index in [1.165, 1.54) is 22.6 Å². The monoisotopic (exact) mass is 179 g/mol. The van der Waals surface area contributed by atoms with Crippen LogP contribution in [0.5, 0.6) is 0 Å². The molecule has 0 spiro atoms. The van der Waals surface area contributed by atoms with Crippen LogP contribution < -0.4 is 4.90 Å². The van der Waals surface area contributed by atoms with Gasteiger partial charge in [-0.05, 0) is 30.9 Å². The topological polar surface area (TPSA) is 3.24 Å². The third-order valence-electron chi connectivity index (χ3n) is 2.30. The van der Waals surface area contributed by atoms with E-state index in [4.69, 9.17) is 0 Å². The first-order valence-corrected chi connectivity index (χ1v) is 5.11. The molecule has 1 aromatic rings. The molecular formula is C10H13NS. The maximum Gasteiger partial charge on any atom is 0.0546 e. The lowest BCUT2D eigenvalue weighted by atomic mass is 10.2. The molecule has 0 saturated heterocycles. The highest BCUT2D eigenvalue weighted by molar-refractivity contribution is 7.11. The Balaban J connectivity index is 2.46. The summed E-state index contributed by atoms with van der Waals surface area (Å²) < 4.78 is 0. The van der Waals surface area contributed by atoms with Crippen LogP contribution in [0.1, 0.15) is 18.2 Å². The van der Waals surface area contributed by atoms with Crippen molar-refractivity contribution in [3.63, 3.8) is 0 Å². The van der Waals surface area contributed by atoms with Gasteiger partial charge in [-0.15, -0.1) is 11.3 Å². The number of hydrogen-bond acceptors (Lipinski definition) is 2. The predicted octanol–water partition coefficient (Wildman–Crippen LogP) is 2.99. The molecule has 0 aliphatic carbocycles. The Kier molecular flexibility index (Phi) is 1.93. The molecule has 2 rings (SSSR count). The highest BCUT2D eigenvalue weighted by atomic mass is 32.1. The number of hydrogen-bond donors (Lipinski definition) is 0. The molecule has 2 heterocycles. The Labute approximate surface area is 77.3 Å². The van der Waals surface area contributed by atoms with Crippen molar-refractivity contribution in [3.05, 3.63) is 21.9 Å². The van der Waals surface area contributed by atoms with E-state index in [9.17, 15) is 0 Å². The lowest BCUT2D eigenvalue weighted by Gasteiger charge is -2.16. The Morgan fingerprint density at radius 1 is 1.50 bits per heavy atom. The zero-order valence-corrected chi connectivity index (χ0v) is 8.32. The first-order chi connectivity index (χ1) is 5.77. The fourth-order valence-corrected chi connectivity index (χ4v) is 2.46. The van der Waals surface area contributed by atoms with E-state index >= 15 is 0 Å². The molecule has 0 radical (unpaired) electrons. The van der Waals surface area contributed by atoms with Gasteiger partial charge in [0.05, 0.1) is 10.6 Å². The number of nitrogens with zero attached hydrogens (tertiary/aromatic N) is 1. The van der Waals surface area contributed by atoms with E-state index in [1.807, 2.05) is 11.3 Å². The first kappa shape index (κ1) is 7.87. The molecule has 1 aliphatic heterocycles. The smallest absolute Gasteiger partial charge is 0.0546 e. The normalized spacial score (nSPS) is 16.8. The predicted molar refractivity (Wildman–Crippen MR) is 55.9 cm³/mol. The zero-order chi connectivity index (χ0) is 8.55. The van der Waals surface area contributed by atoms with Gasteiger partial charge in [-0.3, -0.25) is 0 Å². The first-order valence-electron chi connectivity index (χ1n) is 4.23. The van der Waals surface area contributed by atoms with Gasteiger partial charge in [-0.2, -0.15) is 0 Å². The van der Waals surface area contributed by atoms with Gasteiger partial charge >= 0.3 is 0 Å². The molecule has 1 aliphatic rings. The molecule has 0 aromatic carbocycles. The van der Waals surface area contributed by atoms with E-state index in [0.717, 1.165) is 6.54 Å². The summed E-state index contributed by atoms with van der Waals surface area (Å²) in [5, 5.41) is 2.16. The second-order valence-electron chi connectivity index (χ2n) is 3.33. The van der Waals surface area contributed by atoms with E-state index < -0.39 is 0 Å². The third kappa shape index (κ3) is 1.27. The fraction of sp³-hybridized carbons (Fsp3) is 0.400. The molecule has 1 aromatic heterocycles. The molecule has 1 nitrogen and oxygen atoms in total. The summed E-state index contributed by atoms with van der Waals surface area (Å²) in [7, 11) is 2.16. The summed E-state index contributed by atoms with van der Waals surface area (Å²) in [6, 6.07) is 2.20. The third-order valence-corrected chi connectivity index (χ3v) is 3.16. The van der Waals surface area contributed by atoms with Crippen molar-refractivity contribution in [2.45, 2.75) is 13.3 Å². The Morgan fingerprint density at radius 2 is 2.33 bits per heavy atom. The molecule has 0 atom stereocenters. The lowest BCUT2D eigenvalue weighted by Crippen LogP contribution is -2.17. The molecule has 0 fully saturated rings.